The van der Waals surface area contributed by atoms with E-state index >= 15 is 0 Å². The number of urea groups is 1. The predicted octanol–water partition coefficient (Wildman–Crippen LogP) is 2.50. The lowest BCUT2D eigenvalue weighted by atomic mass is 10.1. The molecule has 26 heavy (non-hydrogen) atoms. The fraction of sp³-hybridized carbons (Fsp3) is 0.211. The molecule has 4 N–H and O–H groups in total. The van der Waals surface area contributed by atoms with Crippen LogP contribution in [0.5, 0.6) is 0 Å². The highest BCUT2D eigenvalue weighted by atomic mass is 16.2. The summed E-state index contributed by atoms with van der Waals surface area (Å²) in [4.78, 5) is 36.8. The molecular weight excluding hydrogens is 332 g/mol. The Balaban J connectivity index is 2.00. The fourth-order valence-corrected chi connectivity index (χ4v) is 2.54. The molecule has 0 fully saturated rings. The maximum Gasteiger partial charge on any atom is 0.316 e. The van der Waals surface area contributed by atoms with E-state index in [1.807, 2.05) is 32.0 Å². The maximum absolute atomic E-state index is 12.4. The third-order valence-corrected chi connectivity index (χ3v) is 3.87. The summed E-state index contributed by atoms with van der Waals surface area (Å²) in [7, 11) is 1.56. The largest absolute Gasteiger partial charge is 0.351 e. The van der Waals surface area contributed by atoms with Gasteiger partial charge in [-0.2, -0.15) is 0 Å². The van der Waals surface area contributed by atoms with Crippen molar-refractivity contribution in [3.05, 3.63) is 59.2 Å². The molecule has 4 amide bonds. The van der Waals surface area contributed by atoms with Crippen LogP contribution in [0.15, 0.2) is 42.5 Å². The Labute approximate surface area is 152 Å². The number of para-hydroxylation sites is 1. The summed E-state index contributed by atoms with van der Waals surface area (Å²) in [5.41, 5.74) is 8.63. The quantitative estimate of drug-likeness (QED) is 0.768. The van der Waals surface area contributed by atoms with E-state index in [1.54, 1.807) is 31.3 Å². The van der Waals surface area contributed by atoms with Crippen molar-refractivity contribution in [3.8, 4) is 0 Å². The van der Waals surface area contributed by atoms with Crippen molar-refractivity contribution in [2.75, 3.05) is 24.2 Å². The lowest BCUT2D eigenvalue weighted by Crippen LogP contribution is -2.35. The van der Waals surface area contributed by atoms with Gasteiger partial charge in [-0.3, -0.25) is 9.59 Å². The Morgan fingerprint density at radius 1 is 0.962 bits per heavy atom. The van der Waals surface area contributed by atoms with Crippen LogP contribution in [0.25, 0.3) is 0 Å². The normalized spacial score (nSPS) is 10.1. The number of carbonyl (C=O) groups is 3. The van der Waals surface area contributed by atoms with Crippen molar-refractivity contribution >= 4 is 29.2 Å². The van der Waals surface area contributed by atoms with E-state index in [0.29, 0.717) is 11.3 Å². The van der Waals surface area contributed by atoms with Gasteiger partial charge in [0.25, 0.3) is 5.91 Å². The number of nitrogens with one attached hydrogen (secondary N) is 2. The molecule has 0 heterocycles. The molecule has 0 unspecified atom stereocenters. The van der Waals surface area contributed by atoms with E-state index in [0.717, 1.165) is 16.8 Å². The van der Waals surface area contributed by atoms with Crippen molar-refractivity contribution in [3.63, 3.8) is 0 Å². The zero-order chi connectivity index (χ0) is 19.3. The topological polar surface area (TPSA) is 105 Å². The minimum atomic E-state index is -0.677. The summed E-state index contributed by atoms with van der Waals surface area (Å²) < 4.78 is 0. The van der Waals surface area contributed by atoms with Crippen LogP contribution in [0.2, 0.25) is 0 Å². The van der Waals surface area contributed by atoms with Gasteiger partial charge in [0.2, 0.25) is 5.91 Å². The predicted molar refractivity (Wildman–Crippen MR) is 101 cm³/mol. The molecule has 2 aromatic rings. The molecule has 7 heteroatoms. The number of nitrogens with zero attached hydrogens (tertiary/aromatic N) is 1. The molecule has 2 aromatic carbocycles. The monoisotopic (exact) mass is 354 g/mol. The summed E-state index contributed by atoms with van der Waals surface area (Å²) in [6.45, 7) is 3.76. The number of likely N-dealkylation sites (N-methyl/N-ethyl adjacent to an activating group) is 1. The highest BCUT2D eigenvalue weighted by Crippen LogP contribution is 2.19. The summed E-state index contributed by atoms with van der Waals surface area (Å²) in [6.07, 6.45) is 0. The van der Waals surface area contributed by atoms with Crippen LogP contribution in [0.3, 0.4) is 0 Å². The van der Waals surface area contributed by atoms with E-state index in [-0.39, 0.29) is 18.4 Å². The number of nitrogens with two attached hydrogens (primary N) is 1. The second-order valence-corrected chi connectivity index (χ2v) is 6.04. The Bertz CT molecular complexity index is 811. The molecule has 0 saturated heterocycles. The van der Waals surface area contributed by atoms with Crippen LogP contribution < -0.4 is 16.4 Å². The molecular formula is C19H22N4O3. The molecule has 0 bridgehead atoms. The van der Waals surface area contributed by atoms with Crippen LogP contribution >= 0.6 is 0 Å². The standard InChI is InChI=1S/C19H22N4O3/c1-12-5-4-6-13(2)17(12)22-16(24)11-23(3)18(25)14-7-9-15(10-8-14)21-19(20)26/h4-10H,11H2,1-3H3,(H,22,24)(H3,20,21,26). The lowest BCUT2D eigenvalue weighted by Gasteiger charge is -2.18. The zero-order valence-electron chi connectivity index (χ0n) is 15.0. The van der Waals surface area contributed by atoms with Crippen molar-refractivity contribution in [2.45, 2.75) is 13.8 Å². The van der Waals surface area contributed by atoms with Crippen molar-refractivity contribution < 1.29 is 14.4 Å². The number of hydrogen-bond donors (Lipinski definition) is 3. The van der Waals surface area contributed by atoms with E-state index in [2.05, 4.69) is 10.6 Å². The number of hydrogen-bond acceptors (Lipinski definition) is 3. The van der Waals surface area contributed by atoms with Gasteiger partial charge in [-0.15, -0.1) is 0 Å². The minimum absolute atomic E-state index is 0.0755. The van der Waals surface area contributed by atoms with E-state index in [4.69, 9.17) is 5.73 Å². The molecule has 0 atom stereocenters. The van der Waals surface area contributed by atoms with Crippen LogP contribution in [0.4, 0.5) is 16.2 Å². The number of benzene rings is 2. The van der Waals surface area contributed by atoms with Gasteiger partial charge >= 0.3 is 6.03 Å². The van der Waals surface area contributed by atoms with Crippen LogP contribution in [-0.2, 0) is 4.79 Å². The molecule has 0 aliphatic heterocycles. The number of aryl methyl sites for hydroxylation is 2. The van der Waals surface area contributed by atoms with Gasteiger partial charge < -0.3 is 21.3 Å². The first kappa shape index (κ1) is 19.0. The van der Waals surface area contributed by atoms with E-state index < -0.39 is 6.03 Å². The maximum atomic E-state index is 12.4. The van der Waals surface area contributed by atoms with Gasteiger partial charge in [0.15, 0.2) is 0 Å². The van der Waals surface area contributed by atoms with Crippen LogP contribution in [0, 0.1) is 13.8 Å². The lowest BCUT2D eigenvalue weighted by molar-refractivity contribution is -0.116. The molecule has 0 saturated carbocycles. The summed E-state index contributed by atoms with van der Waals surface area (Å²) in [5.74, 6) is -0.572. The van der Waals surface area contributed by atoms with Gasteiger partial charge in [-0.05, 0) is 49.2 Å². The molecule has 136 valence electrons. The summed E-state index contributed by atoms with van der Waals surface area (Å²) in [6, 6.07) is 11.3. The third-order valence-electron chi connectivity index (χ3n) is 3.87. The Kier molecular flexibility index (Phi) is 5.95. The average Bonchev–Trinajstić information content (AvgIpc) is 2.58. The third kappa shape index (κ3) is 4.83. The Hall–Kier alpha value is -3.35. The highest BCUT2D eigenvalue weighted by molar-refractivity contribution is 6.00. The van der Waals surface area contributed by atoms with Crippen molar-refractivity contribution in [2.24, 2.45) is 5.73 Å². The first-order chi connectivity index (χ1) is 12.3. The Morgan fingerprint density at radius 2 is 1.54 bits per heavy atom. The molecule has 7 nitrogen and oxygen atoms in total. The van der Waals surface area contributed by atoms with Gasteiger partial charge in [0.1, 0.15) is 0 Å². The number of anilines is 2. The Morgan fingerprint density at radius 3 is 2.08 bits per heavy atom. The fourth-order valence-electron chi connectivity index (χ4n) is 2.54. The van der Waals surface area contributed by atoms with Crippen LogP contribution in [0.1, 0.15) is 21.5 Å². The number of rotatable bonds is 5. The SMILES string of the molecule is Cc1cccc(C)c1NC(=O)CN(C)C(=O)c1ccc(NC(N)=O)cc1. The second kappa shape index (κ2) is 8.15. The molecule has 0 aromatic heterocycles. The minimum Gasteiger partial charge on any atom is -0.351 e. The number of primary amides is 1. The van der Waals surface area contributed by atoms with E-state index in [1.165, 1.54) is 4.90 Å². The molecule has 0 radical (unpaired) electrons. The first-order valence-corrected chi connectivity index (χ1v) is 8.06. The van der Waals surface area contributed by atoms with E-state index in [9.17, 15) is 14.4 Å². The smallest absolute Gasteiger partial charge is 0.316 e. The molecule has 2 rings (SSSR count). The number of amides is 4. The molecule has 0 aliphatic carbocycles. The molecule has 0 aliphatic rings. The number of carbonyl (C=O) groups excluding carboxylic acids is 3. The average molecular weight is 354 g/mol. The highest BCUT2D eigenvalue weighted by Gasteiger charge is 2.16. The van der Waals surface area contributed by atoms with Crippen molar-refractivity contribution in [1.29, 1.82) is 0 Å². The van der Waals surface area contributed by atoms with Gasteiger partial charge in [0, 0.05) is 24.0 Å². The summed E-state index contributed by atoms with van der Waals surface area (Å²) >= 11 is 0. The summed E-state index contributed by atoms with van der Waals surface area (Å²) in [5, 5.41) is 5.27. The van der Waals surface area contributed by atoms with Gasteiger partial charge in [-0.25, -0.2) is 4.79 Å². The van der Waals surface area contributed by atoms with Gasteiger partial charge in [-0.1, -0.05) is 18.2 Å². The first-order valence-electron chi connectivity index (χ1n) is 8.06. The zero-order valence-corrected chi connectivity index (χ0v) is 15.0. The van der Waals surface area contributed by atoms with Gasteiger partial charge in [0.05, 0.1) is 6.54 Å². The second-order valence-electron chi connectivity index (χ2n) is 6.04. The van der Waals surface area contributed by atoms with Crippen molar-refractivity contribution in [1.82, 2.24) is 4.90 Å². The van der Waals surface area contributed by atoms with Crippen LogP contribution in [-0.4, -0.2) is 36.3 Å². The molecule has 0 spiro atoms.